The molecule has 0 saturated heterocycles. The van der Waals surface area contributed by atoms with E-state index >= 15 is 0 Å². The van der Waals surface area contributed by atoms with Gasteiger partial charge in [0, 0.05) is 0 Å². The topological polar surface area (TPSA) is 0 Å². The molecule has 1 aromatic carbocycles. The molecule has 0 amide bonds. The Morgan fingerprint density at radius 1 is 1.14 bits per heavy atom. The highest BCUT2D eigenvalue weighted by molar-refractivity contribution is 7.69. The highest BCUT2D eigenvalue weighted by Gasteiger charge is 2.29. The van der Waals surface area contributed by atoms with Crippen molar-refractivity contribution in [3.05, 3.63) is 29.8 Å². The molecule has 0 radical (unpaired) electrons. The van der Waals surface area contributed by atoms with Gasteiger partial charge in [-0.05, 0) is 23.6 Å². The van der Waals surface area contributed by atoms with E-state index in [-0.39, 0.29) is 0 Å². The predicted molar refractivity (Wildman–Crippen MR) is 68.0 cm³/mol. The van der Waals surface area contributed by atoms with Crippen LogP contribution in [0.15, 0.2) is 24.3 Å². The molecule has 1 aromatic rings. The van der Waals surface area contributed by atoms with Crippen molar-refractivity contribution in [3.63, 3.8) is 0 Å². The van der Waals surface area contributed by atoms with Gasteiger partial charge in [0.25, 0.3) is 0 Å². The molecule has 1 rings (SSSR count). The fraction of sp³-hybridized carbons (Fsp3) is 0.400. The summed E-state index contributed by atoms with van der Waals surface area (Å²) in [6.45, 7) is 2.16. The van der Waals surface area contributed by atoms with Gasteiger partial charge in [0.05, 0.1) is 0 Å². The van der Waals surface area contributed by atoms with Crippen LogP contribution in [-0.4, -0.2) is 6.00 Å². The first kappa shape index (κ1) is 12.4. The van der Waals surface area contributed by atoms with Crippen molar-refractivity contribution in [1.82, 2.24) is 0 Å². The van der Waals surface area contributed by atoms with Crippen molar-refractivity contribution in [3.8, 4) is 0 Å². The Morgan fingerprint density at radius 3 is 2.36 bits per heavy atom. The monoisotopic (exact) mass is 266 g/mol. The molecule has 78 valence electrons. The predicted octanol–water partition coefficient (Wildman–Crippen LogP) is 3.89. The average Bonchev–Trinajstić information content (AvgIpc) is 2.14. The van der Waals surface area contributed by atoms with Crippen molar-refractivity contribution >= 4 is 44.4 Å². The minimum absolute atomic E-state index is 0.943. The summed E-state index contributed by atoms with van der Waals surface area (Å²) in [5, 5.41) is 0.943. The zero-order chi connectivity index (χ0) is 10.6. The number of benzene rings is 1. The Morgan fingerprint density at radius 2 is 1.79 bits per heavy atom. The lowest BCUT2D eigenvalue weighted by Gasteiger charge is -2.13. The molecule has 0 aliphatic carbocycles. The Kier molecular flexibility index (Phi) is 4.78. The zero-order valence-corrected chi connectivity index (χ0v) is 11.3. The van der Waals surface area contributed by atoms with E-state index in [1.165, 1.54) is 5.56 Å². The summed E-state index contributed by atoms with van der Waals surface area (Å²) in [5.41, 5.74) is 1.20. The van der Waals surface area contributed by atoms with Gasteiger partial charge in [-0.2, -0.15) is 0 Å². The summed E-state index contributed by atoms with van der Waals surface area (Å²) in [6.07, 6.45) is 3.31. The number of halogens is 3. The summed E-state index contributed by atoms with van der Waals surface area (Å²) in [6, 6.07) is 5.21. The van der Waals surface area contributed by atoms with Crippen LogP contribution in [0.2, 0.25) is 0 Å². The summed E-state index contributed by atoms with van der Waals surface area (Å²) in [5.74, 6) is 0. The first-order chi connectivity index (χ1) is 6.55. The van der Waals surface area contributed by atoms with E-state index in [9.17, 15) is 0 Å². The van der Waals surface area contributed by atoms with E-state index in [4.69, 9.17) is 33.2 Å². The van der Waals surface area contributed by atoms with Gasteiger partial charge in [-0.25, -0.2) is 0 Å². The lowest BCUT2D eigenvalue weighted by Crippen LogP contribution is -2.33. The van der Waals surface area contributed by atoms with Crippen LogP contribution < -0.4 is 5.19 Å². The van der Waals surface area contributed by atoms with Gasteiger partial charge in [-0.1, -0.05) is 37.6 Å². The van der Waals surface area contributed by atoms with Gasteiger partial charge in [0.1, 0.15) is 0 Å². The second-order valence-electron chi connectivity index (χ2n) is 3.26. The largest absolute Gasteiger partial charge is 0.373 e. The van der Waals surface area contributed by atoms with Crippen LogP contribution in [0.1, 0.15) is 25.3 Å². The standard InChI is InChI=1S/C10H13Cl3Si/c1-2-3-6-9-7-4-5-8-10(9)14(11,12)13/h4-5,7-8H,2-3,6H2,1H3. The number of rotatable bonds is 4. The van der Waals surface area contributed by atoms with Crippen molar-refractivity contribution < 1.29 is 0 Å². The summed E-state index contributed by atoms with van der Waals surface area (Å²) < 4.78 is 0. The Bertz CT molecular complexity index is 294. The lowest BCUT2D eigenvalue weighted by molar-refractivity contribution is 0.798. The number of hydrogen-bond donors (Lipinski definition) is 0. The SMILES string of the molecule is CCCCc1ccccc1[Si](Cl)(Cl)Cl. The fourth-order valence-electron chi connectivity index (χ4n) is 1.38. The number of unbranched alkanes of at least 4 members (excludes halogenated alkanes) is 1. The third-order valence-electron chi connectivity index (χ3n) is 2.12. The second-order valence-corrected chi connectivity index (χ2v) is 11.6. The van der Waals surface area contributed by atoms with E-state index in [0.29, 0.717) is 0 Å². The molecular weight excluding hydrogens is 255 g/mol. The van der Waals surface area contributed by atoms with Crippen LogP contribution in [-0.2, 0) is 6.42 Å². The Balaban J connectivity index is 2.92. The third-order valence-corrected chi connectivity index (χ3v) is 5.05. The average molecular weight is 268 g/mol. The maximum absolute atomic E-state index is 6.01. The number of hydrogen-bond acceptors (Lipinski definition) is 0. The summed E-state index contributed by atoms with van der Waals surface area (Å²) in [4.78, 5) is 0. The second kappa shape index (κ2) is 5.41. The third kappa shape index (κ3) is 3.47. The molecule has 0 unspecified atom stereocenters. The molecule has 4 heteroatoms. The van der Waals surface area contributed by atoms with Crippen molar-refractivity contribution in [2.24, 2.45) is 0 Å². The molecule has 0 aliphatic heterocycles. The summed E-state index contributed by atoms with van der Waals surface area (Å²) in [7, 11) is 0. The van der Waals surface area contributed by atoms with Gasteiger partial charge in [0.2, 0.25) is 0 Å². The van der Waals surface area contributed by atoms with Gasteiger partial charge >= 0.3 is 6.00 Å². The van der Waals surface area contributed by atoms with Crippen LogP contribution in [0.5, 0.6) is 0 Å². The van der Waals surface area contributed by atoms with Crippen molar-refractivity contribution in [2.75, 3.05) is 0 Å². The van der Waals surface area contributed by atoms with Crippen molar-refractivity contribution in [2.45, 2.75) is 26.2 Å². The quantitative estimate of drug-likeness (QED) is 0.573. The molecular formula is C10H13Cl3Si. The normalized spacial score (nSPS) is 11.7. The molecule has 0 spiro atoms. The molecule has 0 fully saturated rings. The van der Waals surface area contributed by atoms with Crippen LogP contribution in [0, 0.1) is 0 Å². The van der Waals surface area contributed by atoms with Gasteiger partial charge in [-0.15, -0.1) is 33.2 Å². The molecule has 0 saturated carbocycles. The van der Waals surface area contributed by atoms with Gasteiger partial charge < -0.3 is 0 Å². The van der Waals surface area contributed by atoms with E-state index < -0.39 is 6.00 Å². The first-order valence-corrected chi connectivity index (χ1v) is 9.74. The smallest absolute Gasteiger partial charge is 0.121 e. The molecule has 0 bridgehead atoms. The van der Waals surface area contributed by atoms with E-state index in [1.54, 1.807) is 0 Å². The van der Waals surface area contributed by atoms with E-state index in [2.05, 4.69) is 13.0 Å². The molecule has 0 aliphatic rings. The van der Waals surface area contributed by atoms with Crippen LogP contribution >= 0.6 is 33.2 Å². The molecule has 14 heavy (non-hydrogen) atoms. The van der Waals surface area contributed by atoms with Crippen LogP contribution in [0.4, 0.5) is 0 Å². The van der Waals surface area contributed by atoms with Crippen LogP contribution in [0.3, 0.4) is 0 Å². The highest BCUT2D eigenvalue weighted by Crippen LogP contribution is 2.21. The minimum Gasteiger partial charge on any atom is -0.121 e. The molecule has 0 atom stereocenters. The maximum Gasteiger partial charge on any atom is 0.373 e. The van der Waals surface area contributed by atoms with Gasteiger partial charge in [-0.3, -0.25) is 0 Å². The Labute approximate surface area is 100 Å². The highest BCUT2D eigenvalue weighted by atomic mass is 35.8. The maximum atomic E-state index is 6.01. The van der Waals surface area contributed by atoms with E-state index in [1.807, 2.05) is 18.2 Å². The zero-order valence-electron chi connectivity index (χ0n) is 8.06. The van der Waals surface area contributed by atoms with Gasteiger partial charge in [0.15, 0.2) is 0 Å². The fourth-order valence-corrected chi connectivity index (χ4v) is 3.90. The van der Waals surface area contributed by atoms with Crippen LogP contribution in [0.25, 0.3) is 0 Å². The van der Waals surface area contributed by atoms with Crippen molar-refractivity contribution in [1.29, 1.82) is 0 Å². The molecule has 0 N–H and O–H groups in total. The minimum atomic E-state index is -2.71. The van der Waals surface area contributed by atoms with E-state index in [0.717, 1.165) is 24.4 Å². The summed E-state index contributed by atoms with van der Waals surface area (Å²) >= 11 is 18.0. The first-order valence-electron chi connectivity index (χ1n) is 4.70. The molecule has 0 heterocycles. The Hall–Kier alpha value is 0.307. The molecule has 0 aromatic heterocycles. The lowest BCUT2D eigenvalue weighted by atomic mass is 10.1. The molecule has 0 nitrogen and oxygen atoms in total. The number of aryl methyl sites for hydroxylation is 1.